The molecule has 6 nitrogen and oxygen atoms in total. The Bertz CT molecular complexity index is 875. The van der Waals surface area contributed by atoms with E-state index in [1.165, 1.54) is 0 Å². The zero-order valence-corrected chi connectivity index (χ0v) is 16.1. The smallest absolute Gasteiger partial charge is 0.227 e. The Morgan fingerprint density at radius 1 is 1.16 bits per heavy atom. The first-order valence-corrected chi connectivity index (χ1v) is 9.00. The van der Waals surface area contributed by atoms with Crippen LogP contribution in [0.3, 0.4) is 0 Å². The normalized spacial score (nSPS) is 10.8. The van der Waals surface area contributed by atoms with E-state index in [9.17, 15) is 4.79 Å². The highest BCUT2D eigenvalue weighted by Gasteiger charge is 2.11. The molecule has 0 aliphatic carbocycles. The van der Waals surface area contributed by atoms with Gasteiger partial charge in [-0.15, -0.1) is 0 Å². The number of halogens is 3. The van der Waals surface area contributed by atoms with Crippen molar-refractivity contribution in [1.29, 1.82) is 0 Å². The SMILES string of the molecule is O=C(CCn1cc(Br)cn1)Nc1nn(Cc2ccc(Cl)cc2)cc1Cl. The van der Waals surface area contributed by atoms with Crippen molar-refractivity contribution < 1.29 is 4.79 Å². The maximum absolute atomic E-state index is 12.1. The Morgan fingerprint density at radius 2 is 1.92 bits per heavy atom. The molecule has 0 aliphatic rings. The molecule has 0 fully saturated rings. The quantitative estimate of drug-likeness (QED) is 0.621. The second-order valence-corrected chi connectivity index (χ2v) is 7.13. The lowest BCUT2D eigenvalue weighted by molar-refractivity contribution is -0.116. The third-order valence-corrected chi connectivity index (χ3v) is 4.34. The van der Waals surface area contributed by atoms with E-state index >= 15 is 0 Å². The van der Waals surface area contributed by atoms with E-state index in [4.69, 9.17) is 23.2 Å². The molecular formula is C16H14BrCl2N5O. The zero-order valence-electron chi connectivity index (χ0n) is 13.0. The predicted molar refractivity (Wildman–Crippen MR) is 101 cm³/mol. The van der Waals surface area contributed by atoms with Crippen molar-refractivity contribution >= 4 is 50.9 Å². The summed E-state index contributed by atoms with van der Waals surface area (Å²) in [6, 6.07) is 7.47. The molecule has 0 spiro atoms. The van der Waals surface area contributed by atoms with Gasteiger partial charge in [-0.2, -0.15) is 10.2 Å². The third-order valence-electron chi connectivity index (χ3n) is 3.40. The molecule has 25 heavy (non-hydrogen) atoms. The Kier molecular flexibility index (Phi) is 5.78. The number of amides is 1. The molecule has 0 atom stereocenters. The van der Waals surface area contributed by atoms with Gasteiger partial charge in [0, 0.05) is 30.4 Å². The van der Waals surface area contributed by atoms with Crippen LogP contribution in [0.2, 0.25) is 10.0 Å². The van der Waals surface area contributed by atoms with Gasteiger partial charge in [-0.25, -0.2) is 0 Å². The van der Waals surface area contributed by atoms with Crippen molar-refractivity contribution in [2.24, 2.45) is 0 Å². The molecule has 1 amide bonds. The summed E-state index contributed by atoms with van der Waals surface area (Å²) in [7, 11) is 0. The molecule has 0 aliphatic heterocycles. The van der Waals surface area contributed by atoms with Crippen LogP contribution in [0, 0.1) is 0 Å². The number of carbonyl (C=O) groups excluding carboxylic acids is 1. The molecular weight excluding hydrogens is 429 g/mol. The highest BCUT2D eigenvalue weighted by Crippen LogP contribution is 2.20. The van der Waals surface area contributed by atoms with Crippen molar-refractivity contribution in [3.8, 4) is 0 Å². The highest BCUT2D eigenvalue weighted by atomic mass is 79.9. The van der Waals surface area contributed by atoms with Crippen molar-refractivity contribution in [2.45, 2.75) is 19.5 Å². The van der Waals surface area contributed by atoms with Crippen LogP contribution in [0.4, 0.5) is 5.82 Å². The standard InChI is InChI=1S/C16H14BrCl2N5O/c17-12-7-20-23(9-12)6-5-15(25)21-16-14(19)10-24(22-16)8-11-1-3-13(18)4-2-11/h1-4,7,9-10H,5-6,8H2,(H,21,22,25). The lowest BCUT2D eigenvalue weighted by Gasteiger charge is -2.04. The minimum Gasteiger partial charge on any atom is -0.308 e. The van der Waals surface area contributed by atoms with E-state index in [0.29, 0.717) is 29.0 Å². The summed E-state index contributed by atoms with van der Waals surface area (Å²) in [6.07, 6.45) is 5.43. The van der Waals surface area contributed by atoms with Crippen LogP contribution >= 0.6 is 39.1 Å². The number of nitrogens with one attached hydrogen (secondary N) is 1. The lowest BCUT2D eigenvalue weighted by atomic mass is 10.2. The number of hydrogen-bond donors (Lipinski definition) is 1. The van der Waals surface area contributed by atoms with Crippen LogP contribution in [0.15, 0.2) is 47.3 Å². The van der Waals surface area contributed by atoms with E-state index in [0.717, 1.165) is 10.0 Å². The maximum Gasteiger partial charge on any atom is 0.227 e. The summed E-state index contributed by atoms with van der Waals surface area (Å²) in [5, 5.41) is 12.2. The van der Waals surface area contributed by atoms with Gasteiger partial charge < -0.3 is 5.32 Å². The Morgan fingerprint density at radius 3 is 2.60 bits per heavy atom. The second-order valence-electron chi connectivity index (χ2n) is 5.37. The minimum atomic E-state index is -0.176. The van der Waals surface area contributed by atoms with Gasteiger partial charge >= 0.3 is 0 Å². The number of benzene rings is 1. The summed E-state index contributed by atoms with van der Waals surface area (Å²) < 4.78 is 4.23. The summed E-state index contributed by atoms with van der Waals surface area (Å²) >= 11 is 15.3. The minimum absolute atomic E-state index is 0.176. The van der Waals surface area contributed by atoms with Gasteiger partial charge in [-0.3, -0.25) is 14.2 Å². The van der Waals surface area contributed by atoms with Gasteiger partial charge in [-0.1, -0.05) is 35.3 Å². The van der Waals surface area contributed by atoms with Crippen molar-refractivity contribution in [1.82, 2.24) is 19.6 Å². The summed E-state index contributed by atoms with van der Waals surface area (Å²) in [5.74, 6) is 0.174. The molecule has 0 bridgehead atoms. The van der Waals surface area contributed by atoms with Crippen LogP contribution in [0.5, 0.6) is 0 Å². The van der Waals surface area contributed by atoms with Gasteiger partial charge in [-0.05, 0) is 33.6 Å². The van der Waals surface area contributed by atoms with Crippen LogP contribution in [0.1, 0.15) is 12.0 Å². The number of nitrogens with zero attached hydrogens (tertiary/aromatic N) is 4. The first kappa shape index (κ1) is 18.0. The molecule has 3 rings (SSSR count). The summed E-state index contributed by atoms with van der Waals surface area (Å²) in [5.41, 5.74) is 1.03. The lowest BCUT2D eigenvalue weighted by Crippen LogP contribution is -2.15. The largest absolute Gasteiger partial charge is 0.308 e. The number of aryl methyl sites for hydroxylation is 1. The number of anilines is 1. The molecule has 1 N–H and O–H groups in total. The van der Waals surface area contributed by atoms with Gasteiger partial charge in [0.2, 0.25) is 5.91 Å². The average molecular weight is 443 g/mol. The van der Waals surface area contributed by atoms with Crippen LogP contribution < -0.4 is 5.32 Å². The molecule has 2 heterocycles. The molecule has 0 unspecified atom stereocenters. The molecule has 0 saturated heterocycles. The fraction of sp³-hybridized carbons (Fsp3) is 0.188. The third kappa shape index (κ3) is 5.07. The van der Waals surface area contributed by atoms with E-state index in [2.05, 4.69) is 31.4 Å². The van der Waals surface area contributed by atoms with Gasteiger partial charge in [0.05, 0.1) is 17.2 Å². The molecule has 0 radical (unpaired) electrons. The van der Waals surface area contributed by atoms with E-state index in [-0.39, 0.29) is 12.3 Å². The first-order chi connectivity index (χ1) is 12.0. The highest BCUT2D eigenvalue weighted by molar-refractivity contribution is 9.10. The monoisotopic (exact) mass is 441 g/mol. The van der Waals surface area contributed by atoms with E-state index in [1.807, 2.05) is 24.3 Å². The number of aromatic nitrogens is 4. The maximum atomic E-state index is 12.1. The zero-order chi connectivity index (χ0) is 17.8. The molecule has 130 valence electrons. The second kappa shape index (κ2) is 8.03. The number of carbonyl (C=O) groups is 1. The van der Waals surface area contributed by atoms with Crippen LogP contribution in [-0.2, 0) is 17.9 Å². The molecule has 3 aromatic rings. The van der Waals surface area contributed by atoms with E-state index < -0.39 is 0 Å². The van der Waals surface area contributed by atoms with Crippen LogP contribution in [-0.4, -0.2) is 25.5 Å². The number of rotatable bonds is 6. The predicted octanol–water partition coefficient (Wildman–Crippen LogP) is 4.23. The van der Waals surface area contributed by atoms with Crippen molar-refractivity contribution in [3.63, 3.8) is 0 Å². The fourth-order valence-corrected chi connectivity index (χ4v) is 2.86. The molecule has 1 aromatic carbocycles. The Hall–Kier alpha value is -1.83. The van der Waals surface area contributed by atoms with E-state index in [1.54, 1.807) is 28.0 Å². The molecule has 9 heteroatoms. The molecule has 2 aromatic heterocycles. The Balaban J connectivity index is 1.58. The molecule has 0 saturated carbocycles. The Labute approximate surface area is 162 Å². The van der Waals surface area contributed by atoms with Crippen LogP contribution in [0.25, 0.3) is 0 Å². The fourth-order valence-electron chi connectivity index (χ4n) is 2.21. The number of hydrogen-bond acceptors (Lipinski definition) is 3. The summed E-state index contributed by atoms with van der Waals surface area (Å²) in [4.78, 5) is 12.1. The summed E-state index contributed by atoms with van der Waals surface area (Å²) in [6.45, 7) is 1.01. The van der Waals surface area contributed by atoms with Gasteiger partial charge in [0.1, 0.15) is 5.02 Å². The average Bonchev–Trinajstić information content (AvgIpc) is 3.14. The van der Waals surface area contributed by atoms with Gasteiger partial charge in [0.25, 0.3) is 0 Å². The topological polar surface area (TPSA) is 64.7 Å². The van der Waals surface area contributed by atoms with Crippen molar-refractivity contribution in [3.05, 3.63) is 62.9 Å². The first-order valence-electron chi connectivity index (χ1n) is 7.45. The van der Waals surface area contributed by atoms with Crippen molar-refractivity contribution in [2.75, 3.05) is 5.32 Å². The van der Waals surface area contributed by atoms with Gasteiger partial charge in [0.15, 0.2) is 5.82 Å².